The molecule has 0 aromatic heterocycles. The highest BCUT2D eigenvalue weighted by atomic mass is 19.1. The van der Waals surface area contributed by atoms with Crippen LogP contribution in [0.15, 0.2) is 0 Å². The van der Waals surface area contributed by atoms with Crippen LogP contribution in [0.2, 0.25) is 0 Å². The number of aliphatic hydroxyl groups is 4. The molecule has 134 heavy (non-hydrogen) atoms. The topological polar surface area (TPSA) is 145 Å². The summed E-state index contributed by atoms with van der Waals surface area (Å²) in [6.45, 7) is 100. The average Bonchev–Trinajstić information content (AvgIpc) is 1.20. The Labute approximate surface area is 824 Å². The van der Waals surface area contributed by atoms with Crippen molar-refractivity contribution in [2.24, 2.45) is 0 Å². The molecule has 0 bridgehead atoms. The Morgan fingerprint density at radius 1 is 0.194 bits per heavy atom. The number of nitrogens with zero attached hydrogens (tertiary/aromatic N) is 16. The minimum absolute atomic E-state index is 0.0408. The van der Waals surface area contributed by atoms with Crippen molar-refractivity contribution >= 4 is 0 Å². The van der Waals surface area contributed by atoms with Gasteiger partial charge in [-0.3, -0.25) is 68.6 Å². The molecule has 3 unspecified atom stereocenters. The van der Waals surface area contributed by atoms with Crippen molar-refractivity contribution in [1.82, 2.24) is 83.7 Å². The summed E-state index contributed by atoms with van der Waals surface area (Å²) in [7, 11) is 0. The number of hydrogen-bond donors (Lipinski definition) is 5. The summed E-state index contributed by atoms with van der Waals surface area (Å²) in [4.78, 5) is 40.5. The maximum atomic E-state index is 13.1. The van der Waals surface area contributed by atoms with Crippen molar-refractivity contribution in [3.8, 4) is 0 Å². The molecule has 5 N–H and O–H groups in total. The molecule has 0 radical (unpaired) electrons. The lowest BCUT2D eigenvalue weighted by atomic mass is 9.95. The van der Waals surface area contributed by atoms with E-state index in [2.05, 4.69) is 278 Å². The number of likely N-dealkylation sites (tertiary alicyclic amines) is 16. The Hall–Kier alpha value is -1.05. The van der Waals surface area contributed by atoms with Gasteiger partial charge in [-0.05, 0) is 367 Å². The monoisotopic (exact) mass is 1900 g/mol. The number of rotatable bonds is 9. The van der Waals surface area contributed by atoms with Gasteiger partial charge >= 0.3 is 0 Å². The predicted molar refractivity (Wildman–Crippen MR) is 561 cm³/mol. The minimum atomic E-state index is -0.569. The Morgan fingerprint density at radius 3 is 0.672 bits per heavy atom. The molecule has 0 aromatic rings. The largest absolute Gasteiger partial charge is 0.393 e. The number of nitrogens with one attached hydrogen (secondary N) is 1. The Bertz CT molecular complexity index is 2950. The smallest absolute Gasteiger partial charge is 0.125 e. The van der Waals surface area contributed by atoms with Gasteiger partial charge in [0.15, 0.2) is 0 Å². The second-order valence-corrected chi connectivity index (χ2v) is 53.0. The molecule has 16 aliphatic rings. The molecule has 0 aliphatic carbocycles. The third-order valence-corrected chi connectivity index (χ3v) is 33.8. The standard InChI is InChI=1S/C14H27FN2.C14H28N2O.C13H25FN2.C13H26N2O.C12H23FN2.C12H24N2O.C12H24N2.C11H24N2.C9H19NO/c1-14(2,3)17-10-6-13(7-11-17)16-8-4-12(15)5-9-16;1-14(2,3)16-10-4-12(5-11-16)15-8-6-13(17)7-9-15;1-13(2,3)16-8-5-12(6-9-16)15-7-4-11(14)10-15;1-13(2,3)15-8-4-11(5-9-15)14-7-6-12(16)10-14;1-12(2,3)15-6-4-11(5-7-15)14-8-10(13)9-14;1-12(2,3)14-6-4-10(5-7-14)13-8-11(15)9-13;1-12(2,3)14-9-6-11(10-14)13-7-4-5-8-13;1-5-12-10-6-8-13(9-7-10)11(2,3)4;1-9(2,3)10-6-4-8(11)5-7-10/h12-13H,4-11H2,1-3H3;12-13,17H,4-11H2,1-3H3;11-12H,4-10H2,1-3H3;11-12,16H,4-10H2,1-3H3;10-11H,4-9H2,1-3H3;10-11,15H,4-9H2,1-3H3;11H,4-10H2,1-3H3;10,12H,5-9H2,1-4H3;8,11H,4-7H2,1-3H3. The van der Waals surface area contributed by atoms with E-state index in [1.54, 1.807) is 0 Å². The van der Waals surface area contributed by atoms with Crippen LogP contribution in [-0.4, -0.2) is 456 Å². The molecular weight excluding hydrogens is 1680 g/mol. The third kappa shape index (κ3) is 40.4. The quantitative estimate of drug-likeness (QED) is 0.149. The van der Waals surface area contributed by atoms with Crippen LogP contribution in [0.25, 0.3) is 0 Å². The first-order valence-electron chi connectivity index (χ1n) is 55.7. The molecule has 0 saturated carbocycles. The summed E-state index contributed by atoms with van der Waals surface area (Å²) in [6.07, 6.45) is 27.1. The van der Waals surface area contributed by atoms with E-state index in [0.717, 1.165) is 160 Å². The highest BCUT2D eigenvalue weighted by Gasteiger charge is 2.43. The summed E-state index contributed by atoms with van der Waals surface area (Å²) in [5.74, 6) is 0. The van der Waals surface area contributed by atoms with Crippen LogP contribution >= 0.6 is 0 Å². The summed E-state index contributed by atoms with van der Waals surface area (Å²) in [5, 5.41) is 41.2. The molecular formula is C110H220F3N17O4. The van der Waals surface area contributed by atoms with Crippen LogP contribution in [0.5, 0.6) is 0 Å². The van der Waals surface area contributed by atoms with Crippen molar-refractivity contribution < 1.29 is 33.6 Å². The van der Waals surface area contributed by atoms with E-state index < -0.39 is 18.5 Å². The van der Waals surface area contributed by atoms with Gasteiger partial charge in [-0.2, -0.15) is 0 Å². The summed E-state index contributed by atoms with van der Waals surface area (Å²) in [5.41, 5.74) is 2.85. The first-order valence-corrected chi connectivity index (χ1v) is 55.7. The van der Waals surface area contributed by atoms with E-state index in [1.807, 2.05) is 0 Å². The summed E-state index contributed by atoms with van der Waals surface area (Å²) in [6, 6.07) is 5.83. The molecule has 16 aliphatic heterocycles. The molecule has 0 amide bonds. The number of β-amino-alcohol motifs (C(OH)–C–C–N with tert-alkyl or cyclic N) is 2. The highest BCUT2D eigenvalue weighted by Crippen LogP contribution is 2.35. The second-order valence-electron chi connectivity index (χ2n) is 53.0. The molecule has 790 valence electrons. The van der Waals surface area contributed by atoms with Gasteiger partial charge in [0, 0.05) is 295 Å². The van der Waals surface area contributed by atoms with Gasteiger partial charge in [-0.25, -0.2) is 13.2 Å². The van der Waals surface area contributed by atoms with Gasteiger partial charge in [0.2, 0.25) is 0 Å². The average molecular weight is 1900 g/mol. The normalized spacial score (nSPS) is 28.1. The molecule has 0 aromatic carbocycles. The van der Waals surface area contributed by atoms with Crippen LogP contribution in [0.3, 0.4) is 0 Å². The number of halogens is 3. The van der Waals surface area contributed by atoms with Crippen LogP contribution in [0.4, 0.5) is 13.2 Å². The van der Waals surface area contributed by atoms with Gasteiger partial charge in [-0.15, -0.1) is 0 Å². The van der Waals surface area contributed by atoms with Gasteiger partial charge in [-0.1, -0.05) is 6.92 Å². The summed E-state index contributed by atoms with van der Waals surface area (Å²) >= 11 is 0. The molecule has 0 spiro atoms. The zero-order valence-corrected chi connectivity index (χ0v) is 92.8. The maximum Gasteiger partial charge on any atom is 0.125 e. The Kier molecular flexibility index (Phi) is 47.5. The van der Waals surface area contributed by atoms with Crippen LogP contribution in [0, 0.1) is 0 Å². The van der Waals surface area contributed by atoms with Gasteiger partial charge < -0.3 is 35.5 Å². The number of alkyl halides is 3. The fraction of sp³-hybridized carbons (Fsp3) is 1.00. The lowest BCUT2D eigenvalue weighted by Crippen LogP contribution is -2.59. The molecule has 16 fully saturated rings. The van der Waals surface area contributed by atoms with E-state index in [-0.39, 0.29) is 30.0 Å². The molecule has 21 nitrogen and oxygen atoms in total. The lowest BCUT2D eigenvalue weighted by Gasteiger charge is -2.47. The Balaban J connectivity index is 0.000000186. The highest BCUT2D eigenvalue weighted by molar-refractivity contribution is 4.98. The van der Waals surface area contributed by atoms with Crippen molar-refractivity contribution in [1.29, 1.82) is 0 Å². The minimum Gasteiger partial charge on any atom is -0.393 e. The molecule has 16 saturated heterocycles. The predicted octanol–water partition coefficient (Wildman–Crippen LogP) is 15.9. The SMILES string of the molecule is CC(C)(C)N1CCC(N2CC(F)C2)CC1.CC(C)(C)N1CCC(N2CC(O)C2)CC1.CC(C)(C)N1CCC(N2CCC(F)C2)CC1.CC(C)(C)N1CCC(N2CCC(F)CC2)CC1.CC(C)(C)N1CCC(N2CCC(O)C2)CC1.CC(C)(C)N1CCC(N2CCC(O)CC2)CC1.CC(C)(C)N1CCC(N2CCCC2)C1.CC(C)(C)N1CCC(O)CC1.CCNC1CCN(C(C)(C)C)CC1. The van der Waals surface area contributed by atoms with E-state index in [1.165, 1.54) is 227 Å². The fourth-order valence-corrected chi connectivity index (χ4v) is 23.9. The van der Waals surface area contributed by atoms with Crippen LogP contribution < -0.4 is 5.32 Å². The van der Waals surface area contributed by atoms with E-state index in [9.17, 15) is 33.6 Å². The zero-order chi connectivity index (χ0) is 99.1. The molecule has 16 heterocycles. The van der Waals surface area contributed by atoms with Crippen LogP contribution in [-0.2, 0) is 0 Å². The first-order chi connectivity index (χ1) is 62.4. The zero-order valence-electron chi connectivity index (χ0n) is 92.8. The van der Waals surface area contributed by atoms with Crippen molar-refractivity contribution in [2.45, 2.75) is 496 Å². The van der Waals surface area contributed by atoms with Crippen molar-refractivity contribution in [2.75, 3.05) is 216 Å². The first kappa shape index (κ1) is 118. The number of aliphatic hydroxyl groups excluding tert-OH is 4. The van der Waals surface area contributed by atoms with Crippen molar-refractivity contribution in [3.05, 3.63) is 0 Å². The van der Waals surface area contributed by atoms with E-state index >= 15 is 0 Å². The number of piperidine rings is 10. The van der Waals surface area contributed by atoms with Crippen molar-refractivity contribution in [3.63, 3.8) is 0 Å². The lowest BCUT2D eigenvalue weighted by molar-refractivity contribution is -0.0465. The van der Waals surface area contributed by atoms with Gasteiger partial charge in [0.25, 0.3) is 0 Å². The fourth-order valence-electron chi connectivity index (χ4n) is 23.9. The molecule has 16 rings (SSSR count). The van der Waals surface area contributed by atoms with E-state index in [4.69, 9.17) is 0 Å². The Morgan fingerprint density at radius 2 is 0.403 bits per heavy atom. The van der Waals surface area contributed by atoms with Gasteiger partial charge in [0.1, 0.15) is 18.5 Å². The van der Waals surface area contributed by atoms with Crippen LogP contribution in [0.1, 0.15) is 354 Å². The summed E-state index contributed by atoms with van der Waals surface area (Å²) < 4.78 is 39.0. The maximum absolute atomic E-state index is 13.1. The third-order valence-electron chi connectivity index (χ3n) is 33.8. The number of hydrogen-bond acceptors (Lipinski definition) is 21. The second kappa shape index (κ2) is 53.9. The molecule has 24 heteroatoms. The van der Waals surface area contributed by atoms with E-state index in [0.29, 0.717) is 82.1 Å². The molecule has 3 atom stereocenters. The van der Waals surface area contributed by atoms with Gasteiger partial charge in [0.05, 0.1) is 24.4 Å².